The Morgan fingerprint density at radius 2 is 1.82 bits per heavy atom. The molecule has 3 aromatic heterocycles. The van der Waals surface area contributed by atoms with Crippen molar-refractivity contribution in [1.82, 2.24) is 28.9 Å². The van der Waals surface area contributed by atoms with Crippen molar-refractivity contribution >= 4 is 34.4 Å². The van der Waals surface area contributed by atoms with Crippen LogP contribution in [0.3, 0.4) is 0 Å². The molecule has 0 radical (unpaired) electrons. The molecular formula is C26H27ClF3N7O3. The molecule has 1 aliphatic rings. The Morgan fingerprint density at radius 1 is 1.10 bits per heavy atom. The predicted molar refractivity (Wildman–Crippen MR) is 143 cm³/mol. The van der Waals surface area contributed by atoms with E-state index >= 15 is 0 Å². The molecule has 1 aromatic carbocycles. The Labute approximate surface area is 231 Å². The Hall–Kier alpha value is -3.87. The largest absolute Gasteiger partial charge is 0.416 e. The van der Waals surface area contributed by atoms with Gasteiger partial charge in [-0.05, 0) is 31.0 Å². The fourth-order valence-corrected chi connectivity index (χ4v) is 5.32. The highest BCUT2D eigenvalue weighted by Crippen LogP contribution is 2.37. The van der Waals surface area contributed by atoms with Crippen molar-refractivity contribution in [3.8, 4) is 11.4 Å². The third-order valence-electron chi connectivity index (χ3n) is 6.88. The summed E-state index contributed by atoms with van der Waals surface area (Å²) >= 11 is 6.11. The molecule has 0 spiro atoms. The number of anilines is 1. The van der Waals surface area contributed by atoms with E-state index in [1.807, 2.05) is 13.8 Å². The molecule has 1 amide bonds. The number of imidazole rings is 1. The molecule has 1 saturated heterocycles. The molecule has 1 N–H and O–H groups in total. The molecule has 4 aromatic rings. The number of rotatable bonds is 8. The number of nitrogens with one attached hydrogen (secondary N) is 1. The lowest BCUT2D eigenvalue weighted by molar-refractivity contribution is -0.137. The van der Waals surface area contributed by atoms with Crippen LogP contribution in [0.5, 0.6) is 0 Å². The van der Waals surface area contributed by atoms with Crippen LogP contribution in [0.2, 0.25) is 5.02 Å². The molecule has 1 aliphatic heterocycles. The maximum absolute atomic E-state index is 13.0. The van der Waals surface area contributed by atoms with E-state index in [9.17, 15) is 27.6 Å². The number of fused-ring (bicyclic) bond motifs is 1. The summed E-state index contributed by atoms with van der Waals surface area (Å²) in [5, 5.41) is 4.23. The van der Waals surface area contributed by atoms with Gasteiger partial charge >= 0.3 is 11.9 Å². The van der Waals surface area contributed by atoms with Gasteiger partial charge < -0.3 is 9.88 Å². The standard InChI is InChI=1S/C26H27ClF3N7O3/c1-3-7-35-23-21(24(39)36(8-4-2)25(35)40)32-22(33-23)16-11-31-34(14-16)12-15-9-20(38)37(13-15)19-6-5-17(10-18(19)27)26(28,29)30/h5-6,10-11,14-15H,3-4,7-9,12-13H2,1-2H3,(H,32,33). The Bertz CT molecular complexity index is 1700. The lowest BCUT2D eigenvalue weighted by Gasteiger charge is -2.19. The van der Waals surface area contributed by atoms with Crippen LogP contribution in [0.15, 0.2) is 40.2 Å². The van der Waals surface area contributed by atoms with E-state index in [4.69, 9.17) is 11.6 Å². The van der Waals surface area contributed by atoms with Gasteiger partial charge in [-0.2, -0.15) is 18.3 Å². The van der Waals surface area contributed by atoms with Gasteiger partial charge in [0.1, 0.15) is 11.3 Å². The first kappa shape index (κ1) is 27.7. The summed E-state index contributed by atoms with van der Waals surface area (Å²) in [4.78, 5) is 47.6. The lowest BCUT2D eigenvalue weighted by atomic mass is 10.1. The summed E-state index contributed by atoms with van der Waals surface area (Å²) in [6.45, 7) is 5.18. The van der Waals surface area contributed by atoms with Gasteiger partial charge in [0.25, 0.3) is 5.56 Å². The second-order valence-corrected chi connectivity index (χ2v) is 10.3. The van der Waals surface area contributed by atoms with Crippen LogP contribution in [0.25, 0.3) is 22.6 Å². The van der Waals surface area contributed by atoms with Gasteiger partial charge in [0.15, 0.2) is 5.65 Å². The molecule has 1 unspecified atom stereocenters. The maximum Gasteiger partial charge on any atom is 0.416 e. The monoisotopic (exact) mass is 577 g/mol. The quantitative estimate of drug-likeness (QED) is 0.336. The topological polar surface area (TPSA) is 111 Å². The Kier molecular flexibility index (Phi) is 7.34. The number of aryl methyl sites for hydroxylation is 1. The van der Waals surface area contributed by atoms with Gasteiger partial charge in [-0.1, -0.05) is 25.4 Å². The average molecular weight is 578 g/mol. The summed E-state index contributed by atoms with van der Waals surface area (Å²) in [5.74, 6) is -0.0173. The molecule has 1 fully saturated rings. The molecule has 10 nitrogen and oxygen atoms in total. The van der Waals surface area contributed by atoms with E-state index in [-0.39, 0.29) is 46.7 Å². The van der Waals surface area contributed by atoms with Crippen molar-refractivity contribution in [3.63, 3.8) is 0 Å². The molecule has 5 rings (SSSR count). The van der Waals surface area contributed by atoms with E-state index in [1.54, 1.807) is 17.1 Å². The van der Waals surface area contributed by atoms with Crippen molar-refractivity contribution < 1.29 is 18.0 Å². The number of benzene rings is 1. The smallest absolute Gasteiger partial charge is 0.332 e. The van der Waals surface area contributed by atoms with Gasteiger partial charge in [0.05, 0.1) is 28.0 Å². The minimum absolute atomic E-state index is 0.144. The Morgan fingerprint density at radius 3 is 2.50 bits per heavy atom. The summed E-state index contributed by atoms with van der Waals surface area (Å²) in [6, 6.07) is 2.94. The first-order chi connectivity index (χ1) is 19.0. The van der Waals surface area contributed by atoms with E-state index in [1.165, 1.54) is 20.1 Å². The highest BCUT2D eigenvalue weighted by atomic mass is 35.5. The van der Waals surface area contributed by atoms with Crippen LogP contribution in [0.4, 0.5) is 18.9 Å². The van der Waals surface area contributed by atoms with E-state index in [0.717, 1.165) is 12.1 Å². The number of carbonyl (C=O) groups is 1. The van der Waals surface area contributed by atoms with Crippen LogP contribution in [-0.4, -0.2) is 41.3 Å². The molecule has 0 bridgehead atoms. The van der Waals surface area contributed by atoms with Crippen molar-refractivity contribution in [2.24, 2.45) is 5.92 Å². The second kappa shape index (κ2) is 10.6. The molecule has 40 heavy (non-hydrogen) atoms. The number of carbonyl (C=O) groups excluding carboxylic acids is 1. The van der Waals surface area contributed by atoms with Crippen LogP contribution in [0, 0.1) is 5.92 Å². The van der Waals surface area contributed by atoms with E-state index < -0.39 is 23.0 Å². The van der Waals surface area contributed by atoms with Gasteiger partial charge in [0, 0.05) is 44.7 Å². The zero-order valence-corrected chi connectivity index (χ0v) is 22.6. The number of aromatic nitrogens is 6. The number of alkyl halides is 3. The summed E-state index contributed by atoms with van der Waals surface area (Å²) in [5.41, 5.74) is -0.329. The maximum atomic E-state index is 13.0. The SMILES string of the molecule is CCCn1c(=O)c2[nH]c(-c3cnn(CC4CC(=O)N(c5ccc(C(F)(F)F)cc5Cl)C4)c3)nc2n(CCC)c1=O. The highest BCUT2D eigenvalue weighted by Gasteiger charge is 2.35. The molecule has 4 heterocycles. The Balaban J connectivity index is 1.37. The predicted octanol–water partition coefficient (Wildman–Crippen LogP) is 4.30. The molecule has 0 aliphatic carbocycles. The van der Waals surface area contributed by atoms with Crippen molar-refractivity contribution in [1.29, 1.82) is 0 Å². The van der Waals surface area contributed by atoms with Crippen LogP contribution in [-0.2, 0) is 30.6 Å². The molecule has 14 heteroatoms. The third kappa shape index (κ3) is 5.05. The van der Waals surface area contributed by atoms with Gasteiger partial charge in [0.2, 0.25) is 5.91 Å². The second-order valence-electron chi connectivity index (χ2n) is 9.86. The first-order valence-electron chi connectivity index (χ1n) is 12.9. The third-order valence-corrected chi connectivity index (χ3v) is 7.18. The lowest BCUT2D eigenvalue weighted by Crippen LogP contribution is -2.40. The number of hydrogen-bond donors (Lipinski definition) is 1. The zero-order valence-electron chi connectivity index (χ0n) is 21.8. The van der Waals surface area contributed by atoms with Crippen molar-refractivity contribution in [2.45, 2.75) is 58.9 Å². The minimum atomic E-state index is -4.53. The number of hydrogen-bond acceptors (Lipinski definition) is 5. The number of nitrogens with zero attached hydrogens (tertiary/aromatic N) is 6. The van der Waals surface area contributed by atoms with Crippen molar-refractivity contribution in [2.75, 3.05) is 11.4 Å². The van der Waals surface area contributed by atoms with Gasteiger partial charge in [-0.15, -0.1) is 0 Å². The van der Waals surface area contributed by atoms with Crippen molar-refractivity contribution in [3.05, 3.63) is 62.0 Å². The summed E-state index contributed by atoms with van der Waals surface area (Å²) in [6.07, 6.45) is 0.268. The number of amides is 1. The fourth-order valence-electron chi connectivity index (χ4n) is 5.04. The average Bonchev–Trinajstić information content (AvgIpc) is 3.63. The number of aromatic amines is 1. The highest BCUT2D eigenvalue weighted by molar-refractivity contribution is 6.34. The molecule has 0 saturated carbocycles. The minimum Gasteiger partial charge on any atom is -0.332 e. The normalized spacial score (nSPS) is 16.0. The van der Waals surface area contributed by atoms with Crippen LogP contribution in [0.1, 0.15) is 38.7 Å². The number of halogens is 4. The van der Waals surface area contributed by atoms with Crippen LogP contribution >= 0.6 is 11.6 Å². The van der Waals surface area contributed by atoms with Gasteiger partial charge in [-0.3, -0.25) is 23.4 Å². The van der Waals surface area contributed by atoms with E-state index in [2.05, 4.69) is 15.1 Å². The fraction of sp³-hybridized carbons (Fsp3) is 0.423. The first-order valence-corrected chi connectivity index (χ1v) is 13.3. The zero-order chi connectivity index (χ0) is 28.8. The van der Waals surface area contributed by atoms with Crippen LogP contribution < -0.4 is 16.1 Å². The van der Waals surface area contributed by atoms with Gasteiger partial charge in [-0.25, -0.2) is 9.78 Å². The summed E-state index contributed by atoms with van der Waals surface area (Å²) < 4.78 is 43.4. The van der Waals surface area contributed by atoms with E-state index in [0.29, 0.717) is 43.9 Å². The molecule has 212 valence electrons. The molecular weight excluding hydrogens is 551 g/mol. The molecule has 1 atom stereocenters. The number of H-pyrrole nitrogens is 1. The summed E-state index contributed by atoms with van der Waals surface area (Å²) in [7, 11) is 0.